The maximum absolute atomic E-state index is 12.1. The van der Waals surface area contributed by atoms with Crippen LogP contribution in [0.25, 0.3) is 0 Å². The Morgan fingerprint density at radius 1 is 0.519 bits per heavy atom. The minimum atomic E-state index is -2.60. The number of ether oxygens (including phenoxy) is 2. The molecule has 0 radical (unpaired) electrons. The van der Waals surface area contributed by atoms with Crippen LogP contribution in [0, 0.1) is 0 Å². The van der Waals surface area contributed by atoms with Crippen molar-refractivity contribution in [2.75, 3.05) is 47.5 Å². The highest BCUT2D eigenvalue weighted by atomic mass is 31.1. The lowest BCUT2D eigenvalue weighted by molar-refractivity contribution is -0.890. The Morgan fingerprint density at radius 2 is 0.788 bits per heavy atom. The van der Waals surface area contributed by atoms with Gasteiger partial charge in [0.25, 0.3) is 0 Å². The highest BCUT2D eigenvalue weighted by Crippen LogP contribution is 2.12. The van der Waals surface area contributed by atoms with Crippen LogP contribution in [-0.2, 0) is 28.2 Å². The number of carbonyl (C=O) groups excluding carboxylic acids is 2. The fraction of sp³-hybridized carbons (Fsp3) is 0.860. The van der Waals surface area contributed by atoms with Crippen molar-refractivity contribution in [1.82, 2.24) is 0 Å². The van der Waals surface area contributed by atoms with Crippen LogP contribution < -0.4 is 4.89 Å². The summed E-state index contributed by atoms with van der Waals surface area (Å²) in [6, 6.07) is 0. The second-order valence-corrected chi connectivity index (χ2v) is 15.7. The first kappa shape index (κ1) is 52.5. The van der Waals surface area contributed by atoms with Gasteiger partial charge in [-0.25, -0.2) is 0 Å². The molecule has 1 atom stereocenters. The van der Waals surface area contributed by atoms with E-state index in [9.17, 15) is 19.0 Å². The van der Waals surface area contributed by atoms with Crippen LogP contribution in [0.15, 0.2) is 24.3 Å². The first-order valence-electron chi connectivity index (χ1n) is 21.3. The third-order valence-electron chi connectivity index (χ3n) is 9.35. The van der Waals surface area contributed by atoms with Crippen molar-refractivity contribution in [3.05, 3.63) is 24.3 Å². The van der Waals surface area contributed by atoms with E-state index in [1.807, 2.05) is 0 Å². The van der Waals surface area contributed by atoms with Gasteiger partial charge in [-0.1, -0.05) is 141 Å². The van der Waals surface area contributed by atoms with E-state index in [1.54, 1.807) is 0 Å². The zero-order chi connectivity index (χ0) is 38.8. The number of esters is 2. The minimum absolute atomic E-state index is 0.0889. The highest BCUT2D eigenvalue weighted by Gasteiger charge is 2.17. The van der Waals surface area contributed by atoms with Crippen LogP contribution in [0.2, 0.25) is 0 Å². The van der Waals surface area contributed by atoms with Crippen molar-refractivity contribution >= 4 is 20.2 Å². The zero-order valence-corrected chi connectivity index (χ0v) is 35.6. The van der Waals surface area contributed by atoms with E-state index in [1.165, 1.54) is 141 Å². The van der Waals surface area contributed by atoms with Crippen LogP contribution in [0.1, 0.15) is 194 Å². The van der Waals surface area contributed by atoms with Gasteiger partial charge < -0.3 is 18.9 Å². The average Bonchev–Trinajstić information content (AvgIpc) is 3.11. The molecule has 0 N–H and O–H groups in total. The molecule has 0 amide bonds. The zero-order valence-electron chi connectivity index (χ0n) is 34.7. The largest absolute Gasteiger partial charge is 0.566 e. The van der Waals surface area contributed by atoms with Crippen LogP contribution in [0.3, 0.4) is 0 Å². The maximum atomic E-state index is 12.1. The molecule has 0 aromatic carbocycles. The Hall–Kier alpha value is -1.60. The predicted octanol–water partition coefficient (Wildman–Crippen LogP) is 11.9. The first-order chi connectivity index (χ1) is 25.2. The molecular weight excluding hydrogens is 673 g/mol. The molecule has 0 aromatic heterocycles. The monoisotopic (exact) mass is 757 g/mol. The molecule has 0 aliphatic heterocycles. The van der Waals surface area contributed by atoms with Gasteiger partial charge in [0.2, 0.25) is 0 Å². The second kappa shape index (κ2) is 42.1. The van der Waals surface area contributed by atoms with Crippen LogP contribution >= 0.6 is 8.25 Å². The van der Waals surface area contributed by atoms with Crippen LogP contribution in [0.4, 0.5) is 0 Å². The third kappa shape index (κ3) is 46.4. The highest BCUT2D eigenvalue weighted by molar-refractivity contribution is 7.30. The summed E-state index contributed by atoms with van der Waals surface area (Å²) in [6.45, 7) is 6.82. The Kier molecular flexibility index (Phi) is 42.6. The van der Waals surface area contributed by atoms with Gasteiger partial charge >= 0.3 is 20.2 Å². The molecule has 0 saturated carbocycles. The predicted molar refractivity (Wildman–Crippen MR) is 217 cm³/mol. The number of hydrogen-bond donors (Lipinski definition) is 0. The van der Waals surface area contributed by atoms with Crippen molar-refractivity contribution in [3.8, 4) is 0 Å². The number of unbranched alkanes of at least 4 members (excludes halogenated alkanes) is 22. The third-order valence-corrected chi connectivity index (χ3v) is 9.65. The molecule has 0 aliphatic carbocycles. The van der Waals surface area contributed by atoms with E-state index < -0.39 is 8.25 Å². The molecule has 0 fully saturated rings. The number of hydrogen-bond acceptors (Lipinski definition) is 7. The number of nitrogens with zero attached hydrogens (tertiary/aromatic N) is 1. The molecule has 306 valence electrons. The lowest BCUT2D eigenvalue weighted by Gasteiger charge is -2.29. The summed E-state index contributed by atoms with van der Waals surface area (Å²) in [4.78, 5) is 33.5. The van der Waals surface area contributed by atoms with Crippen molar-refractivity contribution in [3.63, 3.8) is 0 Å². The van der Waals surface area contributed by atoms with Crippen molar-refractivity contribution in [1.29, 1.82) is 0 Å². The number of likely N-dealkylation sites (N-methyl/N-ethyl adjacent to an activating group) is 1. The van der Waals surface area contributed by atoms with Gasteiger partial charge in [-0.3, -0.25) is 9.59 Å². The molecule has 0 bridgehead atoms. The van der Waals surface area contributed by atoms with E-state index in [-0.39, 0.29) is 11.9 Å². The van der Waals surface area contributed by atoms with Gasteiger partial charge in [-0.05, 0) is 68.8 Å². The Balaban J connectivity index is 0. The summed E-state index contributed by atoms with van der Waals surface area (Å²) >= 11 is 0. The normalized spacial score (nSPS) is 11.9. The molecule has 0 aliphatic rings. The van der Waals surface area contributed by atoms with E-state index >= 15 is 0 Å². The summed E-state index contributed by atoms with van der Waals surface area (Å²) < 4.78 is 24.5. The molecule has 0 rings (SSSR count). The van der Waals surface area contributed by atoms with E-state index in [2.05, 4.69) is 56.8 Å². The quantitative estimate of drug-likeness (QED) is 0.0204. The van der Waals surface area contributed by atoms with Crippen molar-refractivity contribution in [2.24, 2.45) is 0 Å². The molecule has 52 heavy (non-hydrogen) atoms. The Bertz CT molecular complexity index is 802. The molecule has 0 aromatic rings. The number of carbonyl (C=O) groups is 2. The van der Waals surface area contributed by atoms with E-state index in [0.717, 1.165) is 45.9 Å². The number of allylic oxidation sites excluding steroid dienone is 4. The number of rotatable bonds is 37. The van der Waals surface area contributed by atoms with Gasteiger partial charge in [-0.15, -0.1) is 0 Å². The van der Waals surface area contributed by atoms with Gasteiger partial charge in [0.1, 0.15) is 26.3 Å². The van der Waals surface area contributed by atoms with Gasteiger partial charge in [-0.2, -0.15) is 4.52 Å². The summed E-state index contributed by atoms with van der Waals surface area (Å²) in [5, 5.41) is 0. The molecule has 0 saturated heterocycles. The van der Waals surface area contributed by atoms with E-state index in [0.29, 0.717) is 30.5 Å². The molecule has 0 spiro atoms. The average molecular weight is 757 g/mol. The topological polar surface area (TPSA) is 102 Å². The fourth-order valence-corrected chi connectivity index (χ4v) is 5.75. The molecule has 8 nitrogen and oxygen atoms in total. The lowest BCUT2D eigenvalue weighted by atomic mass is 10.1. The summed E-state index contributed by atoms with van der Waals surface area (Å²) in [5.74, 6) is -0.178. The second-order valence-electron chi connectivity index (χ2n) is 14.9. The summed E-state index contributed by atoms with van der Waals surface area (Å²) in [7, 11) is 2.69. The first-order valence-corrected chi connectivity index (χ1v) is 22.4. The standard InChI is InChI=1S/C42H80NO4.CH3O3P/c1-5-7-9-11-13-15-17-19-21-23-25-27-29-31-33-35-41(44)46-39-37-43(3,4)38-40-47-42(45)36-34-32-30-28-26-24-22-20-18-16-14-12-10-8-6-2;1-4-5(2)3/h19-22H,5-18,23-40H2,1-4H3;1H3/q+1;/b21-19-,22-20-;. The lowest BCUT2D eigenvalue weighted by Crippen LogP contribution is -2.45. The van der Waals surface area contributed by atoms with E-state index in [4.69, 9.17) is 9.47 Å². The van der Waals surface area contributed by atoms with Crippen molar-refractivity contribution in [2.45, 2.75) is 194 Å². The molecule has 1 unspecified atom stereocenters. The SMILES string of the molecule is CCCCCCCC/C=C\CCCCCCCC(=O)OCC[N+](C)(C)CCOC(=O)CCCCCCC/C=C\CCCCCCCC.CO[P+](=O)[O-]. The fourth-order valence-electron chi connectivity index (χ4n) is 5.75. The summed E-state index contributed by atoms with van der Waals surface area (Å²) in [6.07, 6.45) is 43.1. The number of quaternary nitrogens is 1. The van der Waals surface area contributed by atoms with Crippen LogP contribution in [0.5, 0.6) is 0 Å². The van der Waals surface area contributed by atoms with Gasteiger partial charge in [0, 0.05) is 12.8 Å². The van der Waals surface area contributed by atoms with Crippen molar-refractivity contribution < 1.29 is 37.5 Å². The minimum Gasteiger partial charge on any atom is -0.566 e. The van der Waals surface area contributed by atoms with Crippen LogP contribution in [-0.4, -0.2) is 63.9 Å². The maximum Gasteiger partial charge on any atom is 0.488 e. The Labute approximate surface area is 322 Å². The Morgan fingerprint density at radius 3 is 1.08 bits per heavy atom. The molecule has 0 heterocycles. The molecule has 9 heteroatoms. The molecular formula is C43H83NO7P+. The van der Waals surface area contributed by atoms with Gasteiger partial charge in [0.05, 0.1) is 21.2 Å². The van der Waals surface area contributed by atoms with Gasteiger partial charge in [0.15, 0.2) is 0 Å². The summed E-state index contributed by atoms with van der Waals surface area (Å²) in [5.41, 5.74) is 0. The smallest absolute Gasteiger partial charge is 0.488 e.